The van der Waals surface area contributed by atoms with Crippen LogP contribution < -0.4 is 0 Å². The van der Waals surface area contributed by atoms with Crippen molar-refractivity contribution in [3.63, 3.8) is 0 Å². The Bertz CT molecular complexity index is 329. The number of hydrogen-bond acceptors (Lipinski definition) is 5. The van der Waals surface area contributed by atoms with Crippen LogP contribution in [-0.2, 0) is 24.5 Å². The Balaban J connectivity index is 2.57. The molecular weight excluding hydrogens is 260 g/mol. The molecule has 5 nitrogen and oxygen atoms in total. The standard InChI is InChI=1S/C15H24O5/c1-17-8-10-19-12-15(16,13-20-11-9-18-2)14-6-4-3-5-7-14/h3-7,16H,8-13H2,1-2H3. The largest absolute Gasteiger partial charge is 0.382 e. The first kappa shape index (κ1) is 17.1. The molecule has 1 rings (SSSR count). The van der Waals surface area contributed by atoms with E-state index in [0.29, 0.717) is 26.4 Å². The average Bonchev–Trinajstić information content (AvgIpc) is 2.49. The highest BCUT2D eigenvalue weighted by atomic mass is 16.5. The predicted molar refractivity (Wildman–Crippen MR) is 75.7 cm³/mol. The summed E-state index contributed by atoms with van der Waals surface area (Å²) in [5, 5.41) is 10.7. The summed E-state index contributed by atoms with van der Waals surface area (Å²) in [6, 6.07) is 9.38. The monoisotopic (exact) mass is 284 g/mol. The minimum Gasteiger partial charge on any atom is -0.382 e. The van der Waals surface area contributed by atoms with Crippen molar-refractivity contribution in [2.75, 3.05) is 53.9 Å². The molecule has 1 aromatic carbocycles. The molecular formula is C15H24O5. The van der Waals surface area contributed by atoms with Crippen LogP contribution in [0.4, 0.5) is 0 Å². The summed E-state index contributed by atoms with van der Waals surface area (Å²) in [5.41, 5.74) is -0.391. The van der Waals surface area contributed by atoms with Crippen molar-refractivity contribution in [1.29, 1.82) is 0 Å². The Labute approximate surface area is 120 Å². The maximum Gasteiger partial charge on any atom is 0.136 e. The van der Waals surface area contributed by atoms with Gasteiger partial charge in [-0.15, -0.1) is 0 Å². The van der Waals surface area contributed by atoms with Crippen molar-refractivity contribution < 1.29 is 24.1 Å². The van der Waals surface area contributed by atoms with Crippen molar-refractivity contribution in [1.82, 2.24) is 0 Å². The zero-order valence-electron chi connectivity index (χ0n) is 12.2. The predicted octanol–water partition coefficient (Wildman–Crippen LogP) is 1.20. The number of hydrogen-bond donors (Lipinski definition) is 1. The van der Waals surface area contributed by atoms with Crippen LogP contribution in [-0.4, -0.2) is 59.0 Å². The molecule has 1 aromatic rings. The van der Waals surface area contributed by atoms with E-state index in [1.54, 1.807) is 14.2 Å². The zero-order valence-corrected chi connectivity index (χ0v) is 12.2. The summed E-state index contributed by atoms with van der Waals surface area (Å²) in [6.45, 7) is 2.18. The van der Waals surface area contributed by atoms with E-state index in [1.165, 1.54) is 0 Å². The second-order valence-corrected chi connectivity index (χ2v) is 4.49. The highest BCUT2D eigenvalue weighted by molar-refractivity contribution is 5.22. The fourth-order valence-corrected chi connectivity index (χ4v) is 1.72. The third kappa shape index (κ3) is 5.98. The van der Waals surface area contributed by atoms with Gasteiger partial charge in [-0.25, -0.2) is 0 Å². The second kappa shape index (κ2) is 9.85. The van der Waals surface area contributed by atoms with Crippen LogP contribution in [0.15, 0.2) is 30.3 Å². The molecule has 114 valence electrons. The van der Waals surface area contributed by atoms with Gasteiger partial charge in [0.1, 0.15) is 5.60 Å². The minimum atomic E-state index is -1.16. The molecule has 0 aliphatic heterocycles. The molecule has 0 saturated heterocycles. The molecule has 0 aliphatic carbocycles. The van der Waals surface area contributed by atoms with E-state index in [-0.39, 0.29) is 13.2 Å². The Morgan fingerprint density at radius 1 is 0.850 bits per heavy atom. The van der Waals surface area contributed by atoms with Crippen molar-refractivity contribution in [2.45, 2.75) is 5.60 Å². The summed E-state index contributed by atoms with van der Waals surface area (Å²) >= 11 is 0. The molecule has 5 heteroatoms. The van der Waals surface area contributed by atoms with Crippen molar-refractivity contribution in [3.8, 4) is 0 Å². The molecule has 0 spiro atoms. The normalized spacial score (nSPS) is 11.8. The van der Waals surface area contributed by atoms with Gasteiger partial charge in [-0.05, 0) is 5.56 Å². The van der Waals surface area contributed by atoms with Gasteiger partial charge in [0.15, 0.2) is 0 Å². The maximum absolute atomic E-state index is 10.7. The molecule has 0 atom stereocenters. The molecule has 0 amide bonds. The van der Waals surface area contributed by atoms with Crippen molar-refractivity contribution in [2.24, 2.45) is 0 Å². The average molecular weight is 284 g/mol. The lowest BCUT2D eigenvalue weighted by Crippen LogP contribution is -2.37. The summed E-state index contributed by atoms with van der Waals surface area (Å²) in [4.78, 5) is 0. The first-order valence-corrected chi connectivity index (χ1v) is 6.64. The van der Waals surface area contributed by atoms with Crippen LogP contribution >= 0.6 is 0 Å². The number of aliphatic hydroxyl groups is 1. The molecule has 0 heterocycles. The van der Waals surface area contributed by atoms with E-state index in [2.05, 4.69) is 0 Å². The molecule has 0 bridgehead atoms. The van der Waals surface area contributed by atoms with Crippen LogP contribution in [0.3, 0.4) is 0 Å². The fraction of sp³-hybridized carbons (Fsp3) is 0.600. The Hall–Kier alpha value is -0.980. The van der Waals surface area contributed by atoms with Crippen LogP contribution in [0.1, 0.15) is 5.56 Å². The van der Waals surface area contributed by atoms with E-state index in [1.807, 2.05) is 30.3 Å². The van der Waals surface area contributed by atoms with Gasteiger partial charge in [0.05, 0.1) is 39.6 Å². The van der Waals surface area contributed by atoms with Crippen LogP contribution in [0.5, 0.6) is 0 Å². The lowest BCUT2D eigenvalue weighted by atomic mass is 9.96. The lowest BCUT2D eigenvalue weighted by Gasteiger charge is -2.28. The quantitative estimate of drug-likeness (QED) is 0.619. The van der Waals surface area contributed by atoms with E-state index in [4.69, 9.17) is 18.9 Å². The van der Waals surface area contributed by atoms with E-state index in [0.717, 1.165) is 5.56 Å². The smallest absolute Gasteiger partial charge is 0.136 e. The minimum absolute atomic E-state index is 0.160. The van der Waals surface area contributed by atoms with Gasteiger partial charge < -0.3 is 24.1 Å². The summed E-state index contributed by atoms with van der Waals surface area (Å²) in [7, 11) is 3.22. The zero-order chi connectivity index (χ0) is 14.7. The van der Waals surface area contributed by atoms with Crippen LogP contribution in [0.25, 0.3) is 0 Å². The van der Waals surface area contributed by atoms with Crippen LogP contribution in [0, 0.1) is 0 Å². The van der Waals surface area contributed by atoms with Gasteiger partial charge in [0.25, 0.3) is 0 Å². The lowest BCUT2D eigenvalue weighted by molar-refractivity contribution is -0.109. The van der Waals surface area contributed by atoms with E-state index in [9.17, 15) is 5.11 Å². The Morgan fingerprint density at radius 3 is 1.80 bits per heavy atom. The molecule has 0 radical (unpaired) electrons. The molecule has 0 unspecified atom stereocenters. The first-order chi connectivity index (χ1) is 9.73. The van der Waals surface area contributed by atoms with Crippen LogP contribution in [0.2, 0.25) is 0 Å². The summed E-state index contributed by atoms with van der Waals surface area (Å²) in [6.07, 6.45) is 0. The number of benzene rings is 1. The molecule has 0 fully saturated rings. The number of rotatable bonds is 11. The topological polar surface area (TPSA) is 57.2 Å². The van der Waals surface area contributed by atoms with Crippen molar-refractivity contribution in [3.05, 3.63) is 35.9 Å². The third-order valence-electron chi connectivity index (χ3n) is 2.86. The molecule has 1 N–H and O–H groups in total. The van der Waals surface area contributed by atoms with Gasteiger partial charge in [0.2, 0.25) is 0 Å². The SMILES string of the molecule is COCCOCC(O)(COCCOC)c1ccccc1. The highest BCUT2D eigenvalue weighted by Crippen LogP contribution is 2.22. The highest BCUT2D eigenvalue weighted by Gasteiger charge is 2.30. The first-order valence-electron chi connectivity index (χ1n) is 6.64. The van der Waals surface area contributed by atoms with Gasteiger partial charge in [0, 0.05) is 14.2 Å². The second-order valence-electron chi connectivity index (χ2n) is 4.49. The molecule has 20 heavy (non-hydrogen) atoms. The van der Waals surface area contributed by atoms with Gasteiger partial charge in [-0.2, -0.15) is 0 Å². The number of ether oxygens (including phenoxy) is 4. The summed E-state index contributed by atoms with van der Waals surface area (Å²) in [5.74, 6) is 0. The number of methoxy groups -OCH3 is 2. The molecule has 0 saturated carbocycles. The molecule has 0 aliphatic rings. The third-order valence-corrected chi connectivity index (χ3v) is 2.86. The Morgan fingerprint density at radius 2 is 1.35 bits per heavy atom. The summed E-state index contributed by atoms with van der Waals surface area (Å²) < 4.78 is 20.8. The van der Waals surface area contributed by atoms with Gasteiger partial charge in [-0.1, -0.05) is 30.3 Å². The van der Waals surface area contributed by atoms with Crippen molar-refractivity contribution >= 4 is 0 Å². The fourth-order valence-electron chi connectivity index (χ4n) is 1.72. The maximum atomic E-state index is 10.7. The molecule has 0 aromatic heterocycles. The van der Waals surface area contributed by atoms with E-state index < -0.39 is 5.60 Å². The van der Waals surface area contributed by atoms with Gasteiger partial charge >= 0.3 is 0 Å². The Kier molecular flexibility index (Phi) is 8.41. The van der Waals surface area contributed by atoms with Gasteiger partial charge in [-0.3, -0.25) is 0 Å². The van der Waals surface area contributed by atoms with E-state index >= 15 is 0 Å².